The normalized spacial score (nSPS) is 30.7. The van der Waals surface area contributed by atoms with Crippen LogP contribution in [-0.2, 0) is 12.1 Å². The first-order valence-corrected chi connectivity index (χ1v) is 9.33. The number of fused-ring (bicyclic) bond motifs is 1. The Morgan fingerprint density at radius 3 is 2.33 bits per heavy atom. The maximum Gasteiger partial charge on any atom is 0.0951 e. The third kappa shape index (κ3) is 2.89. The van der Waals surface area contributed by atoms with Crippen LogP contribution in [-0.4, -0.2) is 22.6 Å². The van der Waals surface area contributed by atoms with Crippen molar-refractivity contribution in [1.82, 2.24) is 4.90 Å². The molecule has 1 N–H and O–H groups in total. The van der Waals surface area contributed by atoms with E-state index >= 15 is 0 Å². The minimum Gasteiger partial charge on any atom is -0.385 e. The molecular formula is C22H27NO. The first kappa shape index (κ1) is 15.9. The van der Waals surface area contributed by atoms with Gasteiger partial charge in [-0.15, -0.1) is 0 Å². The molecule has 0 bridgehead atoms. The van der Waals surface area contributed by atoms with Crippen molar-refractivity contribution < 1.29 is 5.11 Å². The molecule has 0 aromatic heterocycles. The van der Waals surface area contributed by atoms with E-state index in [1.807, 2.05) is 6.07 Å². The summed E-state index contributed by atoms with van der Waals surface area (Å²) in [5.74, 6) is 0.353. The van der Waals surface area contributed by atoms with E-state index in [2.05, 4.69) is 59.5 Å². The zero-order chi connectivity index (χ0) is 16.4. The van der Waals surface area contributed by atoms with E-state index < -0.39 is 5.60 Å². The molecule has 1 aliphatic heterocycles. The summed E-state index contributed by atoms with van der Waals surface area (Å²) in [5, 5.41) is 11.6. The maximum atomic E-state index is 11.6. The maximum absolute atomic E-state index is 11.6. The van der Waals surface area contributed by atoms with Gasteiger partial charge in [-0.1, -0.05) is 73.5 Å². The Morgan fingerprint density at radius 1 is 0.917 bits per heavy atom. The molecule has 126 valence electrons. The van der Waals surface area contributed by atoms with Gasteiger partial charge in [-0.05, 0) is 30.4 Å². The summed E-state index contributed by atoms with van der Waals surface area (Å²) < 4.78 is 0. The summed E-state index contributed by atoms with van der Waals surface area (Å²) in [7, 11) is 0. The summed E-state index contributed by atoms with van der Waals surface area (Å²) in [4.78, 5) is 2.62. The zero-order valence-corrected chi connectivity index (χ0v) is 14.3. The molecule has 2 fully saturated rings. The molecule has 3 atom stereocenters. The van der Waals surface area contributed by atoms with Crippen LogP contribution in [0.25, 0.3) is 0 Å². The van der Waals surface area contributed by atoms with Crippen molar-refractivity contribution >= 4 is 0 Å². The fourth-order valence-corrected chi connectivity index (χ4v) is 4.87. The van der Waals surface area contributed by atoms with Crippen LogP contribution < -0.4 is 0 Å². The molecule has 1 saturated carbocycles. The SMILES string of the molecule is O[C@]1(c2ccccc2)CCN(Cc2ccccc2)[C@H]2CCCC[C@H]21. The van der Waals surface area contributed by atoms with Crippen molar-refractivity contribution in [2.45, 2.75) is 50.3 Å². The van der Waals surface area contributed by atoms with Gasteiger partial charge in [-0.25, -0.2) is 0 Å². The number of likely N-dealkylation sites (tertiary alicyclic amines) is 1. The molecule has 2 aromatic rings. The van der Waals surface area contributed by atoms with Crippen LogP contribution in [0.5, 0.6) is 0 Å². The first-order valence-electron chi connectivity index (χ1n) is 9.33. The second kappa shape index (κ2) is 6.70. The Kier molecular flexibility index (Phi) is 4.43. The summed E-state index contributed by atoms with van der Waals surface area (Å²) in [5.41, 5.74) is 1.84. The highest BCUT2D eigenvalue weighted by atomic mass is 16.3. The lowest BCUT2D eigenvalue weighted by atomic mass is 9.66. The van der Waals surface area contributed by atoms with Crippen LogP contribution in [0, 0.1) is 5.92 Å². The summed E-state index contributed by atoms with van der Waals surface area (Å²) in [6.45, 7) is 1.98. The molecule has 2 heteroatoms. The molecule has 0 unspecified atom stereocenters. The van der Waals surface area contributed by atoms with Gasteiger partial charge in [0.15, 0.2) is 0 Å². The second-order valence-corrected chi connectivity index (χ2v) is 7.45. The van der Waals surface area contributed by atoms with E-state index in [1.165, 1.54) is 24.8 Å². The van der Waals surface area contributed by atoms with Crippen molar-refractivity contribution in [2.24, 2.45) is 5.92 Å². The molecule has 1 saturated heterocycles. The van der Waals surface area contributed by atoms with Crippen LogP contribution in [0.2, 0.25) is 0 Å². The summed E-state index contributed by atoms with van der Waals surface area (Å²) in [6, 6.07) is 21.6. The van der Waals surface area contributed by atoms with Gasteiger partial charge in [0.05, 0.1) is 5.60 Å². The van der Waals surface area contributed by atoms with Crippen molar-refractivity contribution in [3.63, 3.8) is 0 Å². The molecule has 4 rings (SSSR count). The Hall–Kier alpha value is -1.64. The number of rotatable bonds is 3. The Bertz CT molecular complexity index is 656. The van der Waals surface area contributed by atoms with Crippen LogP contribution >= 0.6 is 0 Å². The van der Waals surface area contributed by atoms with E-state index in [0.29, 0.717) is 12.0 Å². The summed E-state index contributed by atoms with van der Waals surface area (Å²) >= 11 is 0. The van der Waals surface area contributed by atoms with E-state index in [-0.39, 0.29) is 0 Å². The van der Waals surface area contributed by atoms with Gasteiger partial charge in [-0.3, -0.25) is 4.90 Å². The van der Waals surface area contributed by atoms with Crippen molar-refractivity contribution in [3.05, 3.63) is 71.8 Å². The highest BCUT2D eigenvalue weighted by Crippen LogP contribution is 2.47. The molecule has 1 aliphatic carbocycles. The smallest absolute Gasteiger partial charge is 0.0951 e. The first-order chi connectivity index (χ1) is 11.8. The fraction of sp³-hybridized carbons (Fsp3) is 0.455. The molecule has 1 heterocycles. The van der Waals surface area contributed by atoms with Gasteiger partial charge in [0.2, 0.25) is 0 Å². The average Bonchev–Trinajstić information content (AvgIpc) is 2.66. The van der Waals surface area contributed by atoms with Gasteiger partial charge in [-0.2, -0.15) is 0 Å². The van der Waals surface area contributed by atoms with Gasteiger partial charge >= 0.3 is 0 Å². The quantitative estimate of drug-likeness (QED) is 0.909. The number of benzene rings is 2. The van der Waals surface area contributed by atoms with E-state index in [1.54, 1.807) is 0 Å². The lowest BCUT2D eigenvalue weighted by Crippen LogP contribution is -2.57. The molecular weight excluding hydrogens is 294 g/mol. The van der Waals surface area contributed by atoms with Gasteiger partial charge < -0.3 is 5.11 Å². The van der Waals surface area contributed by atoms with Crippen LogP contribution in [0.4, 0.5) is 0 Å². The number of hydrogen-bond acceptors (Lipinski definition) is 2. The minimum atomic E-state index is -0.653. The summed E-state index contributed by atoms with van der Waals surface area (Å²) in [6.07, 6.45) is 5.73. The predicted molar refractivity (Wildman–Crippen MR) is 97.6 cm³/mol. The number of aliphatic hydroxyl groups is 1. The van der Waals surface area contributed by atoms with Crippen LogP contribution in [0.15, 0.2) is 60.7 Å². The molecule has 0 amide bonds. The standard InChI is InChI=1S/C22H27NO/c24-22(19-11-5-2-6-12-19)15-16-23(17-18-9-3-1-4-10-18)21-14-8-7-13-20(21)22/h1-6,9-12,20-21,24H,7-8,13-17H2/t20-,21+,22+/m1/s1. The molecule has 0 spiro atoms. The van der Waals surface area contributed by atoms with Crippen molar-refractivity contribution in [2.75, 3.05) is 6.54 Å². The lowest BCUT2D eigenvalue weighted by molar-refractivity contribution is -0.123. The topological polar surface area (TPSA) is 23.5 Å². The average molecular weight is 321 g/mol. The van der Waals surface area contributed by atoms with E-state index in [0.717, 1.165) is 31.5 Å². The largest absolute Gasteiger partial charge is 0.385 e. The van der Waals surface area contributed by atoms with Gasteiger partial charge in [0, 0.05) is 25.0 Å². The number of hydrogen-bond donors (Lipinski definition) is 1. The van der Waals surface area contributed by atoms with Crippen molar-refractivity contribution in [1.29, 1.82) is 0 Å². The van der Waals surface area contributed by atoms with Gasteiger partial charge in [0.25, 0.3) is 0 Å². The van der Waals surface area contributed by atoms with E-state index in [9.17, 15) is 5.11 Å². The zero-order valence-electron chi connectivity index (χ0n) is 14.3. The monoisotopic (exact) mass is 321 g/mol. The fourth-order valence-electron chi connectivity index (χ4n) is 4.87. The molecule has 2 aromatic carbocycles. The number of piperidine rings is 1. The molecule has 2 nitrogen and oxygen atoms in total. The van der Waals surface area contributed by atoms with Crippen LogP contribution in [0.3, 0.4) is 0 Å². The molecule has 24 heavy (non-hydrogen) atoms. The van der Waals surface area contributed by atoms with E-state index in [4.69, 9.17) is 0 Å². The Morgan fingerprint density at radius 2 is 1.58 bits per heavy atom. The molecule has 2 aliphatic rings. The minimum absolute atomic E-state index is 0.353. The Balaban J connectivity index is 1.60. The highest BCUT2D eigenvalue weighted by Gasteiger charge is 2.48. The number of nitrogens with zero attached hydrogens (tertiary/aromatic N) is 1. The third-order valence-corrected chi connectivity index (χ3v) is 6.09. The second-order valence-electron chi connectivity index (χ2n) is 7.45. The Labute approximate surface area is 145 Å². The molecule has 0 radical (unpaired) electrons. The van der Waals surface area contributed by atoms with Crippen LogP contribution in [0.1, 0.15) is 43.2 Å². The van der Waals surface area contributed by atoms with Gasteiger partial charge in [0.1, 0.15) is 0 Å². The predicted octanol–water partition coefficient (Wildman–Crippen LogP) is 4.34. The lowest BCUT2D eigenvalue weighted by Gasteiger charge is -2.52. The van der Waals surface area contributed by atoms with Crippen molar-refractivity contribution in [3.8, 4) is 0 Å². The highest BCUT2D eigenvalue weighted by molar-refractivity contribution is 5.26. The third-order valence-electron chi connectivity index (χ3n) is 6.09.